The Balaban J connectivity index is 1.52. The Morgan fingerprint density at radius 2 is 2.00 bits per heavy atom. The first-order valence-electron chi connectivity index (χ1n) is 6.01. The van der Waals surface area contributed by atoms with E-state index >= 15 is 0 Å². The van der Waals surface area contributed by atoms with Crippen molar-refractivity contribution in [2.24, 2.45) is 0 Å². The normalized spacial score (nSPS) is 23.6. The second-order valence-corrected chi connectivity index (χ2v) is 5.41. The van der Waals surface area contributed by atoms with Crippen LogP contribution in [0.4, 0.5) is 4.79 Å². The second-order valence-electron chi connectivity index (χ2n) is 4.36. The van der Waals surface area contributed by atoms with Crippen molar-refractivity contribution in [2.45, 2.75) is 18.6 Å². The summed E-state index contributed by atoms with van der Waals surface area (Å²) in [6.45, 7) is 2.96. The lowest BCUT2D eigenvalue weighted by atomic mass is 10.1. The van der Waals surface area contributed by atoms with Gasteiger partial charge in [-0.2, -0.15) is 0 Å². The molecule has 0 aliphatic carbocycles. The molecular weight excluding hydrogens is 254 g/mol. The first-order chi connectivity index (χ1) is 8.77. The van der Waals surface area contributed by atoms with Crippen LogP contribution in [0.25, 0.3) is 0 Å². The quantitative estimate of drug-likeness (QED) is 0.717. The van der Waals surface area contributed by atoms with Crippen LogP contribution in [0.15, 0.2) is 18.7 Å². The third-order valence-corrected chi connectivity index (χ3v) is 4.21. The van der Waals surface area contributed by atoms with Crippen molar-refractivity contribution in [3.05, 3.63) is 18.7 Å². The number of hydrogen-bond acceptors (Lipinski definition) is 6. The van der Waals surface area contributed by atoms with E-state index in [0.717, 1.165) is 25.9 Å². The molecule has 7 heteroatoms. The van der Waals surface area contributed by atoms with Crippen LogP contribution in [0.2, 0.25) is 0 Å². The number of carbonyl (C=O) groups is 1. The summed E-state index contributed by atoms with van der Waals surface area (Å²) in [5.41, 5.74) is 0. The molecule has 0 aromatic carbocycles. The van der Waals surface area contributed by atoms with E-state index in [1.54, 1.807) is 12.4 Å². The van der Waals surface area contributed by atoms with E-state index in [1.807, 2.05) is 0 Å². The second kappa shape index (κ2) is 5.00. The van der Waals surface area contributed by atoms with Gasteiger partial charge in [-0.3, -0.25) is 9.36 Å². The Morgan fingerprint density at radius 3 is 2.61 bits per heavy atom. The van der Waals surface area contributed by atoms with Crippen molar-refractivity contribution in [1.82, 2.24) is 13.9 Å². The van der Waals surface area contributed by atoms with E-state index in [4.69, 9.17) is 9.47 Å². The topological polar surface area (TPSA) is 56.6 Å². The molecule has 3 rings (SSSR count). The number of piperidine rings is 1. The molecule has 2 fully saturated rings. The first-order valence-corrected chi connectivity index (χ1v) is 6.78. The van der Waals surface area contributed by atoms with E-state index in [9.17, 15) is 4.79 Å². The van der Waals surface area contributed by atoms with Crippen molar-refractivity contribution in [2.75, 3.05) is 26.3 Å². The molecular formula is C11H15N3O3S. The minimum absolute atomic E-state index is 0.0308. The fraction of sp³-hybridized carbons (Fsp3) is 0.636. The van der Waals surface area contributed by atoms with Crippen molar-refractivity contribution in [3.8, 4) is 0 Å². The number of imidazole rings is 1. The van der Waals surface area contributed by atoms with Gasteiger partial charge in [-0.25, -0.2) is 9.29 Å². The Morgan fingerprint density at radius 1 is 1.28 bits per heavy atom. The third-order valence-electron chi connectivity index (χ3n) is 3.22. The summed E-state index contributed by atoms with van der Waals surface area (Å²) in [5.74, 6) is -0.380. The Kier molecular flexibility index (Phi) is 3.38. The van der Waals surface area contributed by atoms with E-state index in [2.05, 4.69) is 9.29 Å². The Hall–Kier alpha value is -0.890. The van der Waals surface area contributed by atoms with Gasteiger partial charge in [-0.15, -0.1) is 0 Å². The Bertz CT molecular complexity index is 407. The van der Waals surface area contributed by atoms with Crippen molar-refractivity contribution >= 4 is 17.2 Å². The number of aromatic nitrogens is 2. The first kappa shape index (κ1) is 12.2. The summed E-state index contributed by atoms with van der Waals surface area (Å²) in [6, 6.07) is 0. The van der Waals surface area contributed by atoms with Gasteiger partial charge in [-0.1, -0.05) is 0 Å². The van der Waals surface area contributed by atoms with Gasteiger partial charge in [0.2, 0.25) is 0 Å². The van der Waals surface area contributed by atoms with Crippen LogP contribution < -0.4 is 0 Å². The molecule has 0 saturated carbocycles. The van der Waals surface area contributed by atoms with Gasteiger partial charge in [0.25, 0.3) is 0 Å². The maximum absolute atomic E-state index is 11.9. The number of rotatable bonds is 1. The molecule has 0 radical (unpaired) electrons. The van der Waals surface area contributed by atoms with Gasteiger partial charge in [0.15, 0.2) is 5.79 Å². The molecule has 98 valence electrons. The molecule has 1 spiro atoms. The minimum atomic E-state index is -0.380. The predicted molar refractivity (Wildman–Crippen MR) is 66.1 cm³/mol. The Labute approximate surface area is 109 Å². The largest absolute Gasteiger partial charge is 0.347 e. The van der Waals surface area contributed by atoms with Crippen molar-refractivity contribution in [1.29, 1.82) is 0 Å². The predicted octanol–water partition coefficient (Wildman–Crippen LogP) is 1.34. The van der Waals surface area contributed by atoms with E-state index in [0.29, 0.717) is 13.2 Å². The molecule has 2 aliphatic heterocycles. The lowest BCUT2D eigenvalue weighted by Crippen LogP contribution is -2.43. The molecule has 1 aromatic heterocycles. The van der Waals surface area contributed by atoms with E-state index < -0.39 is 0 Å². The van der Waals surface area contributed by atoms with Gasteiger partial charge in [0.1, 0.15) is 6.33 Å². The smallest absolute Gasteiger partial charge is 0.306 e. The van der Waals surface area contributed by atoms with E-state index in [1.165, 1.54) is 22.8 Å². The zero-order chi connectivity index (χ0) is 12.4. The van der Waals surface area contributed by atoms with Gasteiger partial charge < -0.3 is 9.47 Å². The lowest BCUT2D eigenvalue weighted by Gasteiger charge is -2.36. The highest BCUT2D eigenvalue weighted by Gasteiger charge is 2.40. The molecule has 0 bridgehead atoms. The fourth-order valence-electron chi connectivity index (χ4n) is 2.23. The molecule has 1 aromatic rings. The lowest BCUT2D eigenvalue weighted by molar-refractivity contribution is -0.178. The molecule has 3 heterocycles. The maximum atomic E-state index is 11.9. The highest BCUT2D eigenvalue weighted by Crippen LogP contribution is 2.33. The standard InChI is InChI=1S/C11H15N3O3S/c15-10(13-6-3-12-9-13)18-14-4-1-11(2-5-14)16-7-8-17-11/h3,6,9H,1-2,4-5,7-8H2. The SMILES string of the molecule is O=C(SN1CCC2(CC1)OCCO2)n1ccnc1. The van der Waals surface area contributed by atoms with Gasteiger partial charge in [-0.05, 0) is 0 Å². The van der Waals surface area contributed by atoms with Crippen LogP contribution >= 0.6 is 11.9 Å². The summed E-state index contributed by atoms with van der Waals surface area (Å²) in [6.07, 6.45) is 6.41. The van der Waals surface area contributed by atoms with Gasteiger partial charge in [0, 0.05) is 50.3 Å². The summed E-state index contributed by atoms with van der Waals surface area (Å²) < 4.78 is 14.8. The van der Waals surface area contributed by atoms with Crippen molar-refractivity contribution < 1.29 is 14.3 Å². The van der Waals surface area contributed by atoms with Crippen molar-refractivity contribution in [3.63, 3.8) is 0 Å². The zero-order valence-electron chi connectivity index (χ0n) is 9.95. The zero-order valence-corrected chi connectivity index (χ0v) is 10.8. The number of carbonyl (C=O) groups excluding carboxylic acids is 1. The number of hydrogen-bond donors (Lipinski definition) is 0. The molecule has 0 amide bonds. The van der Waals surface area contributed by atoms with Crippen LogP contribution in [0.3, 0.4) is 0 Å². The summed E-state index contributed by atoms with van der Waals surface area (Å²) >= 11 is 1.23. The number of nitrogens with zero attached hydrogens (tertiary/aromatic N) is 3. The minimum Gasteiger partial charge on any atom is -0.347 e. The van der Waals surface area contributed by atoms with Crippen LogP contribution in [0, 0.1) is 0 Å². The average Bonchev–Trinajstić information content (AvgIpc) is 3.04. The highest BCUT2D eigenvalue weighted by molar-refractivity contribution is 8.11. The molecule has 2 saturated heterocycles. The fourth-order valence-corrected chi connectivity index (χ4v) is 3.02. The summed E-state index contributed by atoms with van der Waals surface area (Å²) in [4.78, 5) is 15.7. The molecule has 0 N–H and O–H groups in total. The highest BCUT2D eigenvalue weighted by atomic mass is 32.2. The summed E-state index contributed by atoms with van der Waals surface area (Å²) in [7, 11) is 0. The average molecular weight is 269 g/mol. The number of ether oxygens (including phenoxy) is 2. The molecule has 0 atom stereocenters. The van der Waals surface area contributed by atoms with Crippen LogP contribution in [-0.4, -0.2) is 51.2 Å². The van der Waals surface area contributed by atoms with Gasteiger partial charge in [0.05, 0.1) is 13.2 Å². The molecule has 2 aliphatic rings. The molecule has 0 unspecified atom stereocenters. The molecule has 18 heavy (non-hydrogen) atoms. The van der Waals surface area contributed by atoms with Crippen LogP contribution in [0.1, 0.15) is 12.8 Å². The maximum Gasteiger partial charge on any atom is 0.306 e. The van der Waals surface area contributed by atoms with Gasteiger partial charge >= 0.3 is 5.24 Å². The third kappa shape index (κ3) is 2.44. The summed E-state index contributed by atoms with van der Waals surface area (Å²) in [5, 5.41) is -0.0308. The monoisotopic (exact) mass is 269 g/mol. The molecule has 6 nitrogen and oxygen atoms in total. The van der Waals surface area contributed by atoms with Crippen LogP contribution in [0.5, 0.6) is 0 Å². The van der Waals surface area contributed by atoms with Crippen LogP contribution in [-0.2, 0) is 9.47 Å². The van der Waals surface area contributed by atoms with E-state index in [-0.39, 0.29) is 11.0 Å².